The van der Waals surface area contributed by atoms with E-state index in [0.717, 1.165) is 16.7 Å². The van der Waals surface area contributed by atoms with E-state index < -0.39 is 0 Å². The highest BCUT2D eigenvalue weighted by Crippen LogP contribution is 2.26. The monoisotopic (exact) mass is 288 g/mol. The van der Waals surface area contributed by atoms with E-state index in [1.807, 2.05) is 38.1 Å². The number of nitrogens with one attached hydrogen (secondary N) is 1. The van der Waals surface area contributed by atoms with E-state index in [-0.39, 0.29) is 12.3 Å². The SMILES string of the molecule is Cc1ccc(N)c(NC(=O)Cc2ccccc2Cl)c1C. The fraction of sp³-hybridized carbons (Fsp3) is 0.188. The average molecular weight is 289 g/mol. The Hall–Kier alpha value is -2.00. The van der Waals surface area contributed by atoms with E-state index in [2.05, 4.69) is 5.32 Å². The van der Waals surface area contributed by atoms with Crippen LogP contribution in [0.3, 0.4) is 0 Å². The number of aryl methyl sites for hydroxylation is 1. The first-order chi connectivity index (χ1) is 9.49. The van der Waals surface area contributed by atoms with E-state index in [9.17, 15) is 4.79 Å². The number of nitrogens with two attached hydrogens (primary N) is 1. The van der Waals surface area contributed by atoms with E-state index in [0.29, 0.717) is 16.4 Å². The van der Waals surface area contributed by atoms with Gasteiger partial charge in [0.1, 0.15) is 0 Å². The molecular weight excluding hydrogens is 272 g/mol. The lowest BCUT2D eigenvalue weighted by Gasteiger charge is -2.13. The second-order valence-electron chi connectivity index (χ2n) is 4.79. The maximum absolute atomic E-state index is 12.1. The molecule has 0 radical (unpaired) electrons. The molecule has 0 saturated heterocycles. The number of carbonyl (C=O) groups excluding carboxylic acids is 1. The highest BCUT2D eigenvalue weighted by atomic mass is 35.5. The first-order valence-corrected chi connectivity index (χ1v) is 6.75. The van der Waals surface area contributed by atoms with Crippen molar-refractivity contribution in [2.24, 2.45) is 0 Å². The predicted molar refractivity (Wildman–Crippen MR) is 84.1 cm³/mol. The lowest BCUT2D eigenvalue weighted by molar-refractivity contribution is -0.115. The van der Waals surface area contributed by atoms with Crippen LogP contribution in [0.15, 0.2) is 36.4 Å². The van der Waals surface area contributed by atoms with Gasteiger partial charge >= 0.3 is 0 Å². The number of amides is 1. The second kappa shape index (κ2) is 5.97. The van der Waals surface area contributed by atoms with Crippen LogP contribution in [0.5, 0.6) is 0 Å². The molecule has 2 rings (SSSR count). The minimum Gasteiger partial charge on any atom is -0.397 e. The third kappa shape index (κ3) is 3.11. The zero-order valence-corrected chi connectivity index (χ0v) is 12.3. The van der Waals surface area contributed by atoms with Crippen molar-refractivity contribution in [2.45, 2.75) is 20.3 Å². The topological polar surface area (TPSA) is 55.1 Å². The summed E-state index contributed by atoms with van der Waals surface area (Å²) in [6.07, 6.45) is 0.229. The van der Waals surface area contributed by atoms with Gasteiger partial charge in [-0.25, -0.2) is 0 Å². The Balaban J connectivity index is 2.17. The number of hydrogen-bond donors (Lipinski definition) is 2. The van der Waals surface area contributed by atoms with Crippen molar-refractivity contribution in [1.29, 1.82) is 0 Å². The van der Waals surface area contributed by atoms with Crippen LogP contribution in [0.2, 0.25) is 5.02 Å². The van der Waals surface area contributed by atoms with Crippen LogP contribution in [-0.2, 0) is 11.2 Å². The summed E-state index contributed by atoms with van der Waals surface area (Å²) < 4.78 is 0. The van der Waals surface area contributed by atoms with Crippen LogP contribution in [-0.4, -0.2) is 5.91 Å². The normalized spacial score (nSPS) is 10.3. The first kappa shape index (κ1) is 14.4. The molecule has 1 amide bonds. The summed E-state index contributed by atoms with van der Waals surface area (Å²) in [5.74, 6) is -0.126. The summed E-state index contributed by atoms with van der Waals surface area (Å²) in [4.78, 5) is 12.1. The molecule has 0 atom stereocenters. The van der Waals surface area contributed by atoms with Crippen molar-refractivity contribution < 1.29 is 4.79 Å². The molecule has 4 heteroatoms. The Morgan fingerprint density at radius 1 is 1.20 bits per heavy atom. The number of benzene rings is 2. The van der Waals surface area contributed by atoms with Gasteiger partial charge in [-0.15, -0.1) is 0 Å². The van der Waals surface area contributed by atoms with Crippen molar-refractivity contribution in [3.63, 3.8) is 0 Å². The van der Waals surface area contributed by atoms with Gasteiger partial charge in [0.25, 0.3) is 0 Å². The Bertz CT molecular complexity index is 653. The molecule has 20 heavy (non-hydrogen) atoms. The summed E-state index contributed by atoms with van der Waals surface area (Å²) >= 11 is 6.05. The first-order valence-electron chi connectivity index (χ1n) is 6.38. The van der Waals surface area contributed by atoms with Gasteiger partial charge in [0.15, 0.2) is 0 Å². The molecule has 0 aliphatic rings. The molecular formula is C16H17ClN2O. The number of halogens is 1. The van der Waals surface area contributed by atoms with Crippen molar-refractivity contribution in [1.82, 2.24) is 0 Å². The molecule has 104 valence electrons. The summed E-state index contributed by atoms with van der Waals surface area (Å²) in [6, 6.07) is 11.1. The van der Waals surface area contributed by atoms with Crippen molar-refractivity contribution in [2.75, 3.05) is 11.1 Å². The van der Waals surface area contributed by atoms with Gasteiger partial charge in [0.05, 0.1) is 17.8 Å². The van der Waals surface area contributed by atoms with Crippen molar-refractivity contribution in [3.8, 4) is 0 Å². The van der Waals surface area contributed by atoms with Gasteiger partial charge in [-0.05, 0) is 42.7 Å². The third-order valence-corrected chi connectivity index (χ3v) is 3.71. The van der Waals surface area contributed by atoms with Gasteiger partial charge in [0, 0.05) is 5.02 Å². The van der Waals surface area contributed by atoms with Crippen molar-refractivity contribution >= 4 is 28.9 Å². The number of anilines is 2. The molecule has 3 nitrogen and oxygen atoms in total. The second-order valence-corrected chi connectivity index (χ2v) is 5.20. The molecule has 0 fully saturated rings. The summed E-state index contributed by atoms with van der Waals surface area (Å²) in [6.45, 7) is 3.93. The molecule has 0 aromatic heterocycles. The Morgan fingerprint density at radius 3 is 2.60 bits per heavy atom. The van der Waals surface area contributed by atoms with Crippen LogP contribution in [0.1, 0.15) is 16.7 Å². The van der Waals surface area contributed by atoms with Crippen LogP contribution in [0.4, 0.5) is 11.4 Å². The molecule has 0 aliphatic carbocycles. The van der Waals surface area contributed by atoms with Gasteiger partial charge in [-0.2, -0.15) is 0 Å². The van der Waals surface area contributed by atoms with Crippen molar-refractivity contribution in [3.05, 3.63) is 58.1 Å². The van der Waals surface area contributed by atoms with Gasteiger partial charge < -0.3 is 11.1 Å². The number of nitrogen functional groups attached to an aromatic ring is 1. The van der Waals surface area contributed by atoms with Crippen LogP contribution in [0.25, 0.3) is 0 Å². The predicted octanol–water partition coefficient (Wildman–Crippen LogP) is 3.72. The standard InChI is InChI=1S/C16H17ClN2O/c1-10-7-8-14(18)16(11(10)2)19-15(20)9-12-5-3-4-6-13(12)17/h3-8H,9,18H2,1-2H3,(H,19,20). The van der Waals surface area contributed by atoms with Crippen LogP contribution < -0.4 is 11.1 Å². The Morgan fingerprint density at radius 2 is 1.90 bits per heavy atom. The molecule has 0 aliphatic heterocycles. The molecule has 3 N–H and O–H groups in total. The zero-order valence-electron chi connectivity index (χ0n) is 11.5. The lowest BCUT2D eigenvalue weighted by atomic mass is 10.1. The largest absolute Gasteiger partial charge is 0.397 e. The van der Waals surface area contributed by atoms with E-state index >= 15 is 0 Å². The number of rotatable bonds is 3. The molecule has 0 unspecified atom stereocenters. The minimum atomic E-state index is -0.126. The highest BCUT2D eigenvalue weighted by Gasteiger charge is 2.11. The quantitative estimate of drug-likeness (QED) is 0.846. The number of carbonyl (C=O) groups is 1. The molecule has 2 aromatic rings. The molecule has 0 saturated carbocycles. The summed E-state index contributed by atoms with van der Waals surface area (Å²) in [7, 11) is 0. The average Bonchev–Trinajstić information content (AvgIpc) is 2.42. The smallest absolute Gasteiger partial charge is 0.228 e. The molecule has 2 aromatic carbocycles. The van der Waals surface area contributed by atoms with E-state index in [1.54, 1.807) is 12.1 Å². The summed E-state index contributed by atoms with van der Waals surface area (Å²) in [5.41, 5.74) is 10.0. The van der Waals surface area contributed by atoms with Gasteiger partial charge in [0.2, 0.25) is 5.91 Å². The maximum atomic E-state index is 12.1. The Labute approximate surface area is 123 Å². The van der Waals surface area contributed by atoms with E-state index in [4.69, 9.17) is 17.3 Å². The highest BCUT2D eigenvalue weighted by molar-refractivity contribution is 6.31. The number of hydrogen-bond acceptors (Lipinski definition) is 2. The fourth-order valence-corrected chi connectivity index (χ4v) is 2.20. The molecule has 0 heterocycles. The maximum Gasteiger partial charge on any atom is 0.228 e. The molecule has 0 bridgehead atoms. The third-order valence-electron chi connectivity index (χ3n) is 3.34. The van der Waals surface area contributed by atoms with Gasteiger partial charge in [-0.3, -0.25) is 4.79 Å². The fourth-order valence-electron chi connectivity index (χ4n) is 2.00. The lowest BCUT2D eigenvalue weighted by Crippen LogP contribution is -2.17. The van der Waals surface area contributed by atoms with Gasteiger partial charge in [-0.1, -0.05) is 35.9 Å². The van der Waals surface area contributed by atoms with Crippen LogP contribution >= 0.6 is 11.6 Å². The Kier molecular flexibility index (Phi) is 4.30. The zero-order chi connectivity index (χ0) is 14.7. The summed E-state index contributed by atoms with van der Waals surface area (Å²) in [5, 5.41) is 3.47. The van der Waals surface area contributed by atoms with E-state index in [1.165, 1.54) is 0 Å². The molecule has 0 spiro atoms. The minimum absolute atomic E-state index is 0.126. The van der Waals surface area contributed by atoms with Crippen LogP contribution in [0, 0.1) is 13.8 Å².